The molecule has 0 radical (unpaired) electrons. The van der Waals surface area contributed by atoms with E-state index in [0.717, 1.165) is 26.1 Å². The molecular formula is C12H25N3O. The fraction of sp³-hybridized carbons (Fsp3) is 0.917. The van der Waals surface area contributed by atoms with Gasteiger partial charge in [0.05, 0.1) is 6.04 Å². The Balaban J connectivity index is 2.26. The van der Waals surface area contributed by atoms with E-state index in [-0.39, 0.29) is 11.9 Å². The number of hydrogen-bond donors (Lipinski definition) is 2. The van der Waals surface area contributed by atoms with Crippen molar-refractivity contribution in [3.8, 4) is 0 Å². The second kappa shape index (κ2) is 5.64. The van der Waals surface area contributed by atoms with E-state index in [0.29, 0.717) is 5.41 Å². The van der Waals surface area contributed by atoms with E-state index in [1.54, 1.807) is 7.05 Å². The first-order chi connectivity index (χ1) is 7.44. The summed E-state index contributed by atoms with van der Waals surface area (Å²) in [4.78, 5) is 13.5. The predicted molar refractivity (Wildman–Crippen MR) is 66.1 cm³/mol. The molecule has 94 valence electrons. The maximum absolute atomic E-state index is 11.0. The molecule has 0 aliphatic carbocycles. The van der Waals surface area contributed by atoms with Gasteiger partial charge < -0.3 is 16.0 Å². The van der Waals surface area contributed by atoms with E-state index in [4.69, 9.17) is 5.73 Å². The average Bonchev–Trinajstić information content (AvgIpc) is 2.20. The van der Waals surface area contributed by atoms with Crippen LogP contribution in [0.3, 0.4) is 0 Å². The summed E-state index contributed by atoms with van der Waals surface area (Å²) in [6.45, 7) is 7.89. The standard InChI is InChI=1S/C12H25N3O/c1-12(2)5-8-15(9-6-12)7-4-10(14-3)11(13)16/h10,14H,4-9H2,1-3H3,(H2,13,16). The highest BCUT2D eigenvalue weighted by atomic mass is 16.1. The van der Waals surface area contributed by atoms with Gasteiger partial charge >= 0.3 is 0 Å². The molecule has 1 heterocycles. The van der Waals surface area contributed by atoms with Gasteiger partial charge in [-0.3, -0.25) is 4.79 Å². The fourth-order valence-electron chi connectivity index (χ4n) is 2.12. The summed E-state index contributed by atoms with van der Waals surface area (Å²) >= 11 is 0. The maximum Gasteiger partial charge on any atom is 0.234 e. The molecule has 0 spiro atoms. The van der Waals surface area contributed by atoms with Crippen LogP contribution in [-0.2, 0) is 4.79 Å². The summed E-state index contributed by atoms with van der Waals surface area (Å²) in [6.07, 6.45) is 3.30. The molecule has 1 rings (SSSR count). The Labute approximate surface area is 98.6 Å². The number of hydrogen-bond acceptors (Lipinski definition) is 3. The largest absolute Gasteiger partial charge is 0.368 e. The van der Waals surface area contributed by atoms with Gasteiger partial charge in [0.15, 0.2) is 0 Å². The van der Waals surface area contributed by atoms with Gasteiger partial charge in [-0.05, 0) is 44.8 Å². The number of primary amides is 1. The normalized spacial score (nSPS) is 22.9. The highest BCUT2D eigenvalue weighted by molar-refractivity contribution is 5.79. The number of nitrogens with two attached hydrogens (primary N) is 1. The third-order valence-corrected chi connectivity index (χ3v) is 3.64. The highest BCUT2D eigenvalue weighted by Gasteiger charge is 2.25. The Morgan fingerprint density at radius 3 is 2.44 bits per heavy atom. The molecule has 1 aliphatic rings. The van der Waals surface area contributed by atoms with Crippen molar-refractivity contribution in [3.05, 3.63) is 0 Å². The van der Waals surface area contributed by atoms with Crippen molar-refractivity contribution in [1.82, 2.24) is 10.2 Å². The average molecular weight is 227 g/mol. The number of rotatable bonds is 5. The van der Waals surface area contributed by atoms with Crippen LogP contribution in [0.15, 0.2) is 0 Å². The first-order valence-corrected chi connectivity index (χ1v) is 6.13. The molecule has 0 aromatic rings. The Kier molecular flexibility index (Phi) is 4.74. The Morgan fingerprint density at radius 2 is 2.00 bits per heavy atom. The van der Waals surface area contributed by atoms with E-state index in [9.17, 15) is 4.79 Å². The summed E-state index contributed by atoms with van der Waals surface area (Å²) in [6, 6.07) is -0.185. The number of likely N-dealkylation sites (N-methyl/N-ethyl adjacent to an activating group) is 1. The number of piperidine rings is 1. The van der Waals surface area contributed by atoms with Crippen LogP contribution in [0.2, 0.25) is 0 Å². The lowest BCUT2D eigenvalue weighted by atomic mass is 9.82. The van der Waals surface area contributed by atoms with Crippen molar-refractivity contribution in [2.75, 3.05) is 26.7 Å². The zero-order valence-corrected chi connectivity index (χ0v) is 10.8. The van der Waals surface area contributed by atoms with E-state index < -0.39 is 0 Å². The highest BCUT2D eigenvalue weighted by Crippen LogP contribution is 2.29. The minimum atomic E-state index is -0.250. The molecule has 0 bridgehead atoms. The fourth-order valence-corrected chi connectivity index (χ4v) is 2.12. The van der Waals surface area contributed by atoms with Gasteiger partial charge in [-0.25, -0.2) is 0 Å². The molecule has 1 fully saturated rings. The monoisotopic (exact) mass is 227 g/mol. The van der Waals surface area contributed by atoms with Crippen molar-refractivity contribution in [1.29, 1.82) is 0 Å². The van der Waals surface area contributed by atoms with E-state index >= 15 is 0 Å². The molecule has 1 atom stereocenters. The molecule has 1 unspecified atom stereocenters. The zero-order valence-electron chi connectivity index (χ0n) is 10.8. The zero-order chi connectivity index (χ0) is 12.2. The molecule has 4 heteroatoms. The Bertz CT molecular complexity index is 230. The summed E-state index contributed by atoms with van der Waals surface area (Å²) in [5, 5.41) is 2.96. The van der Waals surface area contributed by atoms with E-state index in [1.165, 1.54) is 12.8 Å². The molecule has 1 amide bonds. The van der Waals surface area contributed by atoms with Crippen LogP contribution in [0.4, 0.5) is 0 Å². The second-order valence-electron chi connectivity index (χ2n) is 5.54. The molecular weight excluding hydrogens is 202 g/mol. The van der Waals surface area contributed by atoms with E-state index in [1.807, 2.05) is 0 Å². The summed E-state index contributed by atoms with van der Waals surface area (Å²) in [5.74, 6) is -0.250. The van der Waals surface area contributed by atoms with Gasteiger partial charge in [0.25, 0.3) is 0 Å². The summed E-state index contributed by atoms with van der Waals surface area (Å²) < 4.78 is 0. The topological polar surface area (TPSA) is 58.4 Å². The lowest BCUT2D eigenvalue weighted by molar-refractivity contribution is -0.120. The molecule has 16 heavy (non-hydrogen) atoms. The van der Waals surface area contributed by atoms with Gasteiger partial charge in [-0.2, -0.15) is 0 Å². The summed E-state index contributed by atoms with van der Waals surface area (Å²) in [5.41, 5.74) is 5.77. The third-order valence-electron chi connectivity index (χ3n) is 3.64. The number of carbonyl (C=O) groups excluding carboxylic acids is 1. The number of carbonyl (C=O) groups is 1. The van der Waals surface area contributed by atoms with Crippen molar-refractivity contribution in [2.45, 2.75) is 39.2 Å². The van der Waals surface area contributed by atoms with Crippen LogP contribution in [0.5, 0.6) is 0 Å². The molecule has 4 nitrogen and oxygen atoms in total. The van der Waals surface area contributed by atoms with Crippen LogP contribution in [0.25, 0.3) is 0 Å². The SMILES string of the molecule is CNC(CCN1CCC(C)(C)CC1)C(N)=O. The minimum absolute atomic E-state index is 0.185. The molecule has 0 saturated carbocycles. The van der Waals surface area contributed by atoms with Crippen LogP contribution in [0.1, 0.15) is 33.1 Å². The molecule has 3 N–H and O–H groups in total. The summed E-state index contributed by atoms with van der Waals surface area (Å²) in [7, 11) is 1.79. The lowest BCUT2D eigenvalue weighted by Gasteiger charge is -2.37. The smallest absolute Gasteiger partial charge is 0.234 e. The quantitative estimate of drug-likeness (QED) is 0.722. The lowest BCUT2D eigenvalue weighted by Crippen LogP contribution is -2.44. The van der Waals surface area contributed by atoms with Crippen molar-refractivity contribution in [2.24, 2.45) is 11.1 Å². The molecule has 0 aromatic heterocycles. The van der Waals surface area contributed by atoms with Gasteiger partial charge in [-0.15, -0.1) is 0 Å². The van der Waals surface area contributed by atoms with Crippen LogP contribution >= 0.6 is 0 Å². The minimum Gasteiger partial charge on any atom is -0.368 e. The second-order valence-corrected chi connectivity index (χ2v) is 5.54. The Morgan fingerprint density at radius 1 is 1.44 bits per heavy atom. The van der Waals surface area contributed by atoms with Crippen LogP contribution in [0, 0.1) is 5.41 Å². The van der Waals surface area contributed by atoms with Crippen LogP contribution in [-0.4, -0.2) is 43.5 Å². The number of likely N-dealkylation sites (tertiary alicyclic amines) is 1. The maximum atomic E-state index is 11.0. The van der Waals surface area contributed by atoms with Crippen molar-refractivity contribution in [3.63, 3.8) is 0 Å². The molecule has 1 saturated heterocycles. The number of nitrogens with zero attached hydrogens (tertiary/aromatic N) is 1. The van der Waals surface area contributed by atoms with Gasteiger partial charge in [0.2, 0.25) is 5.91 Å². The van der Waals surface area contributed by atoms with Gasteiger partial charge in [-0.1, -0.05) is 13.8 Å². The molecule has 1 aliphatic heterocycles. The first-order valence-electron chi connectivity index (χ1n) is 6.13. The molecule has 0 aromatic carbocycles. The first kappa shape index (κ1) is 13.5. The van der Waals surface area contributed by atoms with Gasteiger partial charge in [0.1, 0.15) is 0 Å². The predicted octanol–water partition coefficient (Wildman–Crippen LogP) is 0.572. The number of amides is 1. The van der Waals surface area contributed by atoms with Crippen LogP contribution < -0.4 is 11.1 Å². The van der Waals surface area contributed by atoms with Crippen molar-refractivity contribution >= 4 is 5.91 Å². The Hall–Kier alpha value is -0.610. The van der Waals surface area contributed by atoms with Crippen molar-refractivity contribution < 1.29 is 4.79 Å². The van der Waals surface area contributed by atoms with E-state index in [2.05, 4.69) is 24.1 Å². The third kappa shape index (κ3) is 4.10. The number of nitrogens with one attached hydrogen (secondary N) is 1. The van der Waals surface area contributed by atoms with Gasteiger partial charge in [0, 0.05) is 6.54 Å².